The molecule has 1 aromatic heterocycles. The van der Waals surface area contributed by atoms with Crippen LogP contribution in [0.4, 0.5) is 5.69 Å². The maximum Gasteiger partial charge on any atom is 0.112 e. The van der Waals surface area contributed by atoms with Gasteiger partial charge in [0, 0.05) is 19.2 Å². The molecule has 0 radical (unpaired) electrons. The number of nitrogens with zero attached hydrogens (tertiary/aromatic N) is 2. The van der Waals surface area contributed by atoms with Gasteiger partial charge in [-0.2, -0.15) is 0 Å². The number of benzene rings is 1. The Kier molecular flexibility index (Phi) is 5.50. The topological polar surface area (TPSA) is 24.8 Å². The summed E-state index contributed by atoms with van der Waals surface area (Å²) in [6.45, 7) is 5.78. The number of hydrogen-bond acceptors (Lipinski definition) is 3. The van der Waals surface area contributed by atoms with Gasteiger partial charge in [0.15, 0.2) is 0 Å². The standard InChI is InChI=1S/C18H20Cl2N2OS/c1-4-22(3)10-21-15-8-12-5-6-23-17(13(12)7-11(15)2)14-9-24-18(20)16(14)19/h7-10,17H,4-6H2,1-3H3/b21-10+. The predicted molar refractivity (Wildman–Crippen MR) is 103 cm³/mol. The fraction of sp³-hybridized carbons (Fsp3) is 0.389. The molecule has 0 bridgehead atoms. The molecule has 0 saturated heterocycles. The minimum absolute atomic E-state index is 0.153. The van der Waals surface area contributed by atoms with Crippen molar-refractivity contribution in [2.24, 2.45) is 4.99 Å². The van der Waals surface area contributed by atoms with Crippen LogP contribution in [-0.4, -0.2) is 31.4 Å². The lowest BCUT2D eigenvalue weighted by molar-refractivity contribution is 0.0702. The van der Waals surface area contributed by atoms with Crippen LogP contribution in [0.5, 0.6) is 0 Å². The van der Waals surface area contributed by atoms with E-state index in [9.17, 15) is 0 Å². The number of fused-ring (bicyclic) bond motifs is 1. The van der Waals surface area contributed by atoms with Crippen molar-refractivity contribution >= 4 is 46.6 Å². The Bertz CT molecular complexity index is 773. The molecule has 24 heavy (non-hydrogen) atoms. The van der Waals surface area contributed by atoms with Crippen LogP contribution in [0.15, 0.2) is 22.5 Å². The van der Waals surface area contributed by atoms with Gasteiger partial charge in [-0.1, -0.05) is 29.3 Å². The van der Waals surface area contributed by atoms with Crippen molar-refractivity contribution in [1.29, 1.82) is 0 Å². The van der Waals surface area contributed by atoms with Crippen LogP contribution in [0.2, 0.25) is 9.36 Å². The number of aryl methyl sites for hydroxylation is 1. The van der Waals surface area contributed by atoms with Gasteiger partial charge in [0.25, 0.3) is 0 Å². The monoisotopic (exact) mass is 382 g/mol. The fourth-order valence-electron chi connectivity index (χ4n) is 2.75. The van der Waals surface area contributed by atoms with Crippen LogP contribution in [0, 0.1) is 6.92 Å². The minimum Gasteiger partial charge on any atom is -0.368 e. The highest BCUT2D eigenvalue weighted by molar-refractivity contribution is 7.15. The Labute approximate surface area is 156 Å². The van der Waals surface area contributed by atoms with E-state index < -0.39 is 0 Å². The van der Waals surface area contributed by atoms with Gasteiger partial charge in [0.2, 0.25) is 0 Å². The Hall–Kier alpha value is -1.07. The Balaban J connectivity index is 1.99. The number of ether oxygens (including phenoxy) is 1. The first-order valence-electron chi connectivity index (χ1n) is 7.93. The zero-order valence-electron chi connectivity index (χ0n) is 14.0. The molecule has 0 N–H and O–H groups in total. The lowest BCUT2D eigenvalue weighted by Gasteiger charge is -2.27. The SMILES string of the molecule is CCN(C)/C=N/c1cc2c(cc1C)C(c1csc(Cl)c1Cl)OCC2. The third kappa shape index (κ3) is 3.47. The van der Waals surface area contributed by atoms with E-state index in [0.29, 0.717) is 16.0 Å². The molecule has 0 aliphatic carbocycles. The highest BCUT2D eigenvalue weighted by Gasteiger charge is 2.27. The van der Waals surface area contributed by atoms with E-state index >= 15 is 0 Å². The van der Waals surface area contributed by atoms with Gasteiger partial charge in [0.1, 0.15) is 10.4 Å². The summed E-state index contributed by atoms with van der Waals surface area (Å²) in [6, 6.07) is 4.34. The van der Waals surface area contributed by atoms with Gasteiger partial charge in [-0.3, -0.25) is 0 Å². The van der Waals surface area contributed by atoms with Crippen LogP contribution < -0.4 is 0 Å². The fourth-order valence-corrected chi connectivity index (χ4v) is 4.03. The smallest absolute Gasteiger partial charge is 0.112 e. The highest BCUT2D eigenvalue weighted by Crippen LogP contribution is 2.43. The second-order valence-corrected chi connectivity index (χ2v) is 7.79. The second-order valence-electron chi connectivity index (χ2n) is 5.93. The molecular formula is C18H20Cl2N2OS. The van der Waals surface area contributed by atoms with E-state index in [1.54, 1.807) is 0 Å². The summed E-state index contributed by atoms with van der Waals surface area (Å²) in [7, 11) is 2.02. The van der Waals surface area contributed by atoms with Gasteiger partial charge in [0.05, 0.1) is 23.7 Å². The molecule has 3 rings (SSSR count). The molecule has 3 nitrogen and oxygen atoms in total. The summed E-state index contributed by atoms with van der Waals surface area (Å²) in [6.07, 6.45) is 2.61. The average Bonchev–Trinajstić information content (AvgIpc) is 2.91. The highest BCUT2D eigenvalue weighted by atomic mass is 35.5. The summed E-state index contributed by atoms with van der Waals surface area (Å²) >= 11 is 13.9. The molecule has 0 amide bonds. The van der Waals surface area contributed by atoms with Crippen LogP contribution in [-0.2, 0) is 11.2 Å². The van der Waals surface area contributed by atoms with Gasteiger partial charge in [-0.05, 0) is 48.4 Å². The zero-order chi connectivity index (χ0) is 17.3. The lowest BCUT2D eigenvalue weighted by Crippen LogP contribution is -2.17. The summed E-state index contributed by atoms with van der Waals surface area (Å²) < 4.78 is 6.63. The first-order valence-corrected chi connectivity index (χ1v) is 9.56. The second kappa shape index (κ2) is 7.44. The van der Waals surface area contributed by atoms with Crippen molar-refractivity contribution in [2.45, 2.75) is 26.4 Å². The predicted octanol–water partition coefficient (Wildman–Crippen LogP) is 5.64. The van der Waals surface area contributed by atoms with Crippen molar-refractivity contribution in [3.63, 3.8) is 0 Å². The number of halogens is 2. The molecule has 1 aromatic carbocycles. The van der Waals surface area contributed by atoms with Gasteiger partial charge >= 0.3 is 0 Å². The molecule has 2 heterocycles. The van der Waals surface area contributed by atoms with Crippen molar-refractivity contribution in [1.82, 2.24) is 4.90 Å². The minimum atomic E-state index is -0.153. The largest absolute Gasteiger partial charge is 0.368 e. The van der Waals surface area contributed by atoms with E-state index in [0.717, 1.165) is 35.3 Å². The first-order chi connectivity index (χ1) is 11.5. The normalized spacial score (nSPS) is 17.3. The van der Waals surface area contributed by atoms with E-state index in [4.69, 9.17) is 27.9 Å². The average molecular weight is 383 g/mol. The van der Waals surface area contributed by atoms with Crippen molar-refractivity contribution in [3.05, 3.63) is 49.1 Å². The molecule has 1 atom stereocenters. The molecule has 6 heteroatoms. The molecule has 1 aliphatic heterocycles. The first kappa shape index (κ1) is 17.7. The third-order valence-corrected chi connectivity index (χ3v) is 6.14. The Morgan fingerprint density at radius 2 is 2.17 bits per heavy atom. The van der Waals surface area contributed by atoms with E-state index in [2.05, 4.69) is 35.9 Å². The van der Waals surface area contributed by atoms with Crippen LogP contribution >= 0.6 is 34.5 Å². The molecule has 128 valence electrons. The van der Waals surface area contributed by atoms with Crippen molar-refractivity contribution < 1.29 is 4.74 Å². The Morgan fingerprint density at radius 1 is 1.38 bits per heavy atom. The van der Waals surface area contributed by atoms with Gasteiger partial charge in [-0.15, -0.1) is 11.3 Å². The maximum atomic E-state index is 6.35. The molecule has 0 saturated carbocycles. The van der Waals surface area contributed by atoms with Gasteiger partial charge in [-0.25, -0.2) is 4.99 Å². The summed E-state index contributed by atoms with van der Waals surface area (Å²) in [5.41, 5.74) is 5.51. The zero-order valence-corrected chi connectivity index (χ0v) is 16.3. The third-order valence-electron chi connectivity index (χ3n) is 4.29. The lowest BCUT2D eigenvalue weighted by atomic mass is 9.92. The molecule has 1 aliphatic rings. The summed E-state index contributed by atoms with van der Waals surface area (Å²) in [4.78, 5) is 6.67. The Morgan fingerprint density at radius 3 is 2.83 bits per heavy atom. The van der Waals surface area contributed by atoms with Crippen LogP contribution in [0.1, 0.15) is 35.3 Å². The van der Waals surface area contributed by atoms with Crippen LogP contribution in [0.3, 0.4) is 0 Å². The number of thiophene rings is 1. The van der Waals surface area contributed by atoms with E-state index in [1.165, 1.54) is 16.9 Å². The summed E-state index contributed by atoms with van der Waals surface area (Å²) in [5, 5.41) is 2.59. The number of hydrogen-bond donors (Lipinski definition) is 0. The maximum absolute atomic E-state index is 6.35. The van der Waals surface area contributed by atoms with Crippen LogP contribution in [0.25, 0.3) is 0 Å². The van der Waals surface area contributed by atoms with E-state index in [1.807, 2.05) is 18.8 Å². The molecule has 1 unspecified atom stereocenters. The molecule has 2 aromatic rings. The number of rotatable bonds is 4. The molecule has 0 fully saturated rings. The van der Waals surface area contributed by atoms with Gasteiger partial charge < -0.3 is 9.64 Å². The molecule has 0 spiro atoms. The van der Waals surface area contributed by atoms with E-state index in [-0.39, 0.29) is 6.10 Å². The summed E-state index contributed by atoms with van der Waals surface area (Å²) in [5.74, 6) is 0. The molecular weight excluding hydrogens is 363 g/mol. The number of aliphatic imine (C=N–C) groups is 1. The quantitative estimate of drug-likeness (QED) is 0.504. The van der Waals surface area contributed by atoms with Crippen molar-refractivity contribution in [3.8, 4) is 0 Å². The van der Waals surface area contributed by atoms with Crippen molar-refractivity contribution in [2.75, 3.05) is 20.2 Å².